The van der Waals surface area contributed by atoms with E-state index in [2.05, 4.69) is 21.3 Å². The summed E-state index contributed by atoms with van der Waals surface area (Å²) in [5.74, 6) is -2.82. The van der Waals surface area contributed by atoms with Crippen LogP contribution in [0, 0.1) is 13.8 Å². The number of ketones is 2. The Morgan fingerprint density at radius 2 is 1.07 bits per heavy atom. The summed E-state index contributed by atoms with van der Waals surface area (Å²) in [5.41, 5.74) is 3.25. The van der Waals surface area contributed by atoms with Crippen molar-refractivity contribution in [2.24, 2.45) is 0 Å². The minimum absolute atomic E-state index is 0.0223. The number of amides is 6. The number of carbonyl (C=O) groups is 8. The SMILES string of the molecule is Cc1c(-c2ccc(NC(=O)C3CC(=O)CN3C(=O)Cc3ccccc3)c(NC(=O)O)c2)cc(NC(=O)O)c(NC(=O)[C@@H]2CC(=O)CN2C(=O)Cc2ccccc2)c1C. The maximum Gasteiger partial charge on any atom is 0.409 e. The van der Waals surface area contributed by atoms with Crippen LogP contribution in [0.25, 0.3) is 11.1 Å². The maximum absolute atomic E-state index is 13.7. The molecular weight excluding hydrogens is 748 g/mol. The summed E-state index contributed by atoms with van der Waals surface area (Å²) in [6.07, 6.45) is -3.38. The first-order valence-corrected chi connectivity index (χ1v) is 18.3. The zero-order valence-corrected chi connectivity index (χ0v) is 31.5. The molecule has 0 aliphatic carbocycles. The number of carbonyl (C=O) groups excluding carboxylic acids is 6. The van der Waals surface area contributed by atoms with E-state index in [9.17, 15) is 48.6 Å². The first kappa shape index (κ1) is 40.3. The predicted molar refractivity (Wildman–Crippen MR) is 212 cm³/mol. The number of benzene rings is 4. The van der Waals surface area contributed by atoms with Crippen LogP contribution in [0.1, 0.15) is 35.1 Å². The molecule has 2 aliphatic rings. The van der Waals surface area contributed by atoms with Gasteiger partial charge in [0.1, 0.15) is 12.1 Å². The first-order chi connectivity index (χ1) is 27.7. The van der Waals surface area contributed by atoms with Crippen molar-refractivity contribution < 1.29 is 48.6 Å². The van der Waals surface area contributed by atoms with Gasteiger partial charge in [-0.15, -0.1) is 0 Å². The van der Waals surface area contributed by atoms with Crippen molar-refractivity contribution >= 4 is 70.1 Å². The van der Waals surface area contributed by atoms with Crippen LogP contribution in [-0.2, 0) is 41.6 Å². The quantitative estimate of drug-likeness (QED) is 0.121. The van der Waals surface area contributed by atoms with Crippen molar-refractivity contribution in [2.45, 2.75) is 51.6 Å². The van der Waals surface area contributed by atoms with E-state index in [1.165, 1.54) is 28.0 Å². The second kappa shape index (κ2) is 17.2. The van der Waals surface area contributed by atoms with Gasteiger partial charge in [0.25, 0.3) is 0 Å². The minimum atomic E-state index is -1.45. The largest absolute Gasteiger partial charge is 0.465 e. The highest BCUT2D eigenvalue weighted by Crippen LogP contribution is 2.39. The van der Waals surface area contributed by atoms with Gasteiger partial charge >= 0.3 is 12.2 Å². The Labute approximate surface area is 332 Å². The first-order valence-electron chi connectivity index (χ1n) is 18.3. The van der Waals surface area contributed by atoms with E-state index in [0.29, 0.717) is 33.4 Å². The predicted octanol–water partition coefficient (Wildman–Crippen LogP) is 4.85. The second-order valence-corrected chi connectivity index (χ2v) is 14.1. The highest BCUT2D eigenvalue weighted by Gasteiger charge is 2.40. The van der Waals surface area contributed by atoms with Crippen molar-refractivity contribution in [3.63, 3.8) is 0 Å². The molecule has 6 amide bonds. The highest BCUT2D eigenvalue weighted by atomic mass is 16.4. The van der Waals surface area contributed by atoms with E-state index in [-0.39, 0.29) is 73.1 Å². The third kappa shape index (κ3) is 9.18. The van der Waals surface area contributed by atoms with Gasteiger partial charge in [-0.3, -0.25) is 39.4 Å². The van der Waals surface area contributed by atoms with Crippen LogP contribution in [0.2, 0.25) is 0 Å². The lowest BCUT2D eigenvalue weighted by atomic mass is 9.93. The molecule has 2 aliphatic heterocycles. The molecule has 2 fully saturated rings. The summed E-state index contributed by atoms with van der Waals surface area (Å²) < 4.78 is 0. The number of Topliss-reactive ketones (excluding diaryl/α,β-unsaturated/α-hetero) is 2. The van der Waals surface area contributed by atoms with Crippen LogP contribution in [0.5, 0.6) is 0 Å². The van der Waals surface area contributed by atoms with Crippen LogP contribution in [0.4, 0.5) is 32.3 Å². The summed E-state index contributed by atoms with van der Waals surface area (Å²) in [6.45, 7) is 2.86. The lowest BCUT2D eigenvalue weighted by Crippen LogP contribution is -2.44. The number of nitrogens with one attached hydrogen (secondary N) is 4. The topological polar surface area (TPSA) is 232 Å². The number of hydrogen-bond donors (Lipinski definition) is 6. The zero-order valence-electron chi connectivity index (χ0n) is 31.5. The summed E-state index contributed by atoms with van der Waals surface area (Å²) in [6, 6.07) is 21.3. The molecule has 0 spiro atoms. The number of rotatable bonds is 11. The number of anilines is 4. The van der Waals surface area contributed by atoms with E-state index in [4.69, 9.17) is 0 Å². The average Bonchev–Trinajstić information content (AvgIpc) is 3.78. The normalized spacial score (nSPS) is 16.2. The smallest absolute Gasteiger partial charge is 0.409 e. The van der Waals surface area contributed by atoms with Crippen molar-refractivity contribution in [1.82, 2.24) is 9.80 Å². The van der Waals surface area contributed by atoms with Crippen molar-refractivity contribution in [2.75, 3.05) is 34.4 Å². The number of carboxylic acid groups (broad SMARTS) is 2. The fraction of sp³-hybridized carbons (Fsp3) is 0.238. The molecule has 2 saturated heterocycles. The standard InChI is InChI=1S/C42H40N6O10/c1-23-24(2)38(46-40(54)35-19-29(50)22-48(35)37(52)16-26-11-7-4-8-12-26)33(45-42(57)58)20-30(23)27-13-14-31(32(17-27)44-41(55)56)43-39(53)34-18-28(49)21-47(34)36(51)15-25-9-5-3-6-10-25/h3-14,17,20,34-35,44-45H,15-16,18-19,21-22H2,1-2H3,(H,43,53)(H,46,54)(H,55,56)(H,57,58)/t34?,35-/m0/s1. The molecule has 4 aromatic carbocycles. The summed E-state index contributed by atoms with van der Waals surface area (Å²) >= 11 is 0. The van der Waals surface area contributed by atoms with E-state index in [1.807, 2.05) is 0 Å². The van der Waals surface area contributed by atoms with Crippen LogP contribution in [0.3, 0.4) is 0 Å². The van der Waals surface area contributed by atoms with Gasteiger partial charge < -0.3 is 30.6 Å². The lowest BCUT2D eigenvalue weighted by Gasteiger charge is -2.25. The molecule has 6 rings (SSSR count). The molecule has 2 heterocycles. The number of likely N-dealkylation sites (tertiary alicyclic amines) is 2. The van der Waals surface area contributed by atoms with Gasteiger partial charge in [-0.1, -0.05) is 66.7 Å². The summed E-state index contributed by atoms with van der Waals surface area (Å²) in [7, 11) is 0. The Balaban J connectivity index is 1.26. The van der Waals surface area contributed by atoms with Gasteiger partial charge in [0.05, 0.1) is 48.7 Å². The molecule has 0 radical (unpaired) electrons. The Hall–Kier alpha value is -7.36. The Kier molecular flexibility index (Phi) is 12.0. The summed E-state index contributed by atoms with van der Waals surface area (Å²) in [4.78, 5) is 105. The van der Waals surface area contributed by atoms with Gasteiger partial charge in [-0.25, -0.2) is 9.59 Å². The zero-order chi connectivity index (χ0) is 41.7. The maximum atomic E-state index is 13.7. The molecular formula is C42H40N6O10. The third-order valence-electron chi connectivity index (χ3n) is 10.1. The van der Waals surface area contributed by atoms with Crippen LogP contribution < -0.4 is 21.3 Å². The van der Waals surface area contributed by atoms with E-state index in [1.54, 1.807) is 80.6 Å². The minimum Gasteiger partial charge on any atom is -0.465 e. The van der Waals surface area contributed by atoms with E-state index >= 15 is 0 Å². The lowest BCUT2D eigenvalue weighted by molar-refractivity contribution is -0.136. The molecule has 58 heavy (non-hydrogen) atoms. The van der Waals surface area contributed by atoms with Gasteiger partial charge in [-0.2, -0.15) is 0 Å². The molecule has 16 heteroatoms. The fourth-order valence-electron chi connectivity index (χ4n) is 7.17. The molecule has 1 unspecified atom stereocenters. The average molecular weight is 789 g/mol. The molecule has 298 valence electrons. The highest BCUT2D eigenvalue weighted by molar-refractivity contribution is 6.08. The van der Waals surface area contributed by atoms with Crippen LogP contribution in [-0.4, -0.2) is 92.6 Å². The van der Waals surface area contributed by atoms with Gasteiger partial charge in [0, 0.05) is 12.8 Å². The van der Waals surface area contributed by atoms with E-state index in [0.717, 1.165) is 0 Å². The Morgan fingerprint density at radius 1 is 0.586 bits per heavy atom. The van der Waals surface area contributed by atoms with Gasteiger partial charge in [0.2, 0.25) is 23.6 Å². The van der Waals surface area contributed by atoms with Crippen LogP contribution in [0.15, 0.2) is 84.9 Å². The van der Waals surface area contributed by atoms with Crippen molar-refractivity contribution in [1.29, 1.82) is 0 Å². The molecule has 4 aromatic rings. The molecule has 6 N–H and O–H groups in total. The molecule has 0 aromatic heterocycles. The van der Waals surface area contributed by atoms with Gasteiger partial charge in [-0.05, 0) is 65.4 Å². The molecule has 2 atom stereocenters. The third-order valence-corrected chi connectivity index (χ3v) is 10.1. The number of nitrogens with zero attached hydrogens (tertiary/aromatic N) is 2. The number of hydrogen-bond acceptors (Lipinski definition) is 8. The van der Waals surface area contributed by atoms with Crippen molar-refractivity contribution in [3.05, 3.63) is 107 Å². The molecule has 0 bridgehead atoms. The van der Waals surface area contributed by atoms with Crippen LogP contribution >= 0.6 is 0 Å². The summed E-state index contributed by atoms with van der Waals surface area (Å²) in [5, 5.41) is 29.4. The fourth-order valence-corrected chi connectivity index (χ4v) is 7.17. The Bertz CT molecular complexity index is 2330. The molecule has 0 saturated carbocycles. The van der Waals surface area contributed by atoms with Crippen molar-refractivity contribution in [3.8, 4) is 11.1 Å². The van der Waals surface area contributed by atoms with E-state index < -0.39 is 47.9 Å². The van der Waals surface area contributed by atoms with Gasteiger partial charge in [0.15, 0.2) is 11.6 Å². The monoisotopic (exact) mass is 788 g/mol. The molecule has 16 nitrogen and oxygen atoms in total. The second-order valence-electron chi connectivity index (χ2n) is 14.1. The Morgan fingerprint density at radius 3 is 1.57 bits per heavy atom.